The standard InChI is InChI=1S/C23H27N3O3/c1-16(2)29-22-10-18(4-7-19(22)11-24)15-28-21-8-5-17(6-9-21)12-26-13-20(14-26)23(27)25-3/h4-10,16,20H,12-15H2,1-3H3,(H,25,27). The number of benzene rings is 2. The van der Waals surface area contributed by atoms with Crippen LogP contribution in [0.5, 0.6) is 11.5 Å². The molecule has 1 aliphatic rings. The van der Waals surface area contributed by atoms with E-state index in [0.29, 0.717) is 17.9 Å². The quantitative estimate of drug-likeness (QED) is 0.746. The van der Waals surface area contributed by atoms with E-state index in [-0.39, 0.29) is 17.9 Å². The molecule has 6 heteroatoms. The van der Waals surface area contributed by atoms with Crippen LogP contribution < -0.4 is 14.8 Å². The molecule has 0 spiro atoms. The van der Waals surface area contributed by atoms with Crippen molar-refractivity contribution in [1.82, 2.24) is 10.2 Å². The number of amides is 1. The van der Waals surface area contributed by atoms with Crippen LogP contribution in [0.15, 0.2) is 42.5 Å². The van der Waals surface area contributed by atoms with Crippen molar-refractivity contribution in [2.45, 2.75) is 33.1 Å². The molecule has 2 aromatic carbocycles. The predicted molar refractivity (Wildman–Crippen MR) is 111 cm³/mol. The van der Waals surface area contributed by atoms with Crippen LogP contribution in [0.4, 0.5) is 0 Å². The summed E-state index contributed by atoms with van der Waals surface area (Å²) in [7, 11) is 1.68. The van der Waals surface area contributed by atoms with Gasteiger partial charge in [0.2, 0.25) is 5.91 Å². The van der Waals surface area contributed by atoms with E-state index in [0.717, 1.165) is 30.9 Å². The number of likely N-dealkylation sites (tertiary alicyclic amines) is 1. The summed E-state index contributed by atoms with van der Waals surface area (Å²) in [6.07, 6.45) is 0.00357. The molecule has 0 aliphatic carbocycles. The second-order valence-corrected chi connectivity index (χ2v) is 7.55. The highest BCUT2D eigenvalue weighted by molar-refractivity contribution is 5.79. The molecule has 1 N–H and O–H groups in total. The first-order valence-corrected chi connectivity index (χ1v) is 9.84. The maximum Gasteiger partial charge on any atom is 0.225 e. The molecule has 0 aromatic heterocycles. The predicted octanol–water partition coefficient (Wildman–Crippen LogP) is 3.10. The monoisotopic (exact) mass is 393 g/mol. The number of nitriles is 1. The first-order chi connectivity index (χ1) is 14.0. The zero-order valence-electron chi connectivity index (χ0n) is 17.1. The van der Waals surface area contributed by atoms with Gasteiger partial charge in [0.05, 0.1) is 17.6 Å². The van der Waals surface area contributed by atoms with Crippen LogP contribution in [0.3, 0.4) is 0 Å². The van der Waals surface area contributed by atoms with Crippen molar-refractivity contribution >= 4 is 5.91 Å². The normalized spacial score (nSPS) is 14.2. The van der Waals surface area contributed by atoms with Crippen LogP contribution in [0.1, 0.15) is 30.5 Å². The molecule has 1 amide bonds. The molecular formula is C23H27N3O3. The Bertz CT molecular complexity index is 881. The maximum atomic E-state index is 11.6. The molecule has 0 bridgehead atoms. The number of hydrogen-bond acceptors (Lipinski definition) is 5. The molecule has 3 rings (SSSR count). The Kier molecular flexibility index (Phi) is 6.73. The smallest absolute Gasteiger partial charge is 0.225 e. The molecule has 6 nitrogen and oxygen atoms in total. The van der Waals surface area contributed by atoms with Crippen LogP contribution >= 0.6 is 0 Å². The van der Waals surface area contributed by atoms with Crippen molar-refractivity contribution < 1.29 is 14.3 Å². The summed E-state index contributed by atoms with van der Waals surface area (Å²) in [5, 5.41) is 11.9. The highest BCUT2D eigenvalue weighted by Gasteiger charge is 2.31. The van der Waals surface area contributed by atoms with Gasteiger partial charge >= 0.3 is 0 Å². The third kappa shape index (κ3) is 5.49. The van der Waals surface area contributed by atoms with Gasteiger partial charge in [-0.2, -0.15) is 5.26 Å². The molecule has 0 radical (unpaired) electrons. The van der Waals surface area contributed by atoms with Gasteiger partial charge in [-0.3, -0.25) is 9.69 Å². The molecule has 1 fully saturated rings. The summed E-state index contributed by atoms with van der Waals surface area (Å²) in [6.45, 7) is 6.71. The lowest BCUT2D eigenvalue weighted by atomic mass is 9.98. The van der Waals surface area contributed by atoms with E-state index in [9.17, 15) is 10.1 Å². The number of carbonyl (C=O) groups is 1. The van der Waals surface area contributed by atoms with E-state index in [1.54, 1.807) is 13.1 Å². The van der Waals surface area contributed by atoms with E-state index in [1.807, 2.05) is 38.1 Å². The summed E-state index contributed by atoms with van der Waals surface area (Å²) in [5.41, 5.74) is 2.67. The molecule has 1 heterocycles. The summed E-state index contributed by atoms with van der Waals surface area (Å²) in [5.74, 6) is 1.61. The summed E-state index contributed by atoms with van der Waals surface area (Å²) in [6, 6.07) is 15.7. The van der Waals surface area contributed by atoms with Gasteiger partial charge in [0.1, 0.15) is 24.2 Å². The van der Waals surface area contributed by atoms with Crippen molar-refractivity contribution in [2.24, 2.45) is 5.92 Å². The molecule has 0 unspecified atom stereocenters. The highest BCUT2D eigenvalue weighted by Crippen LogP contribution is 2.23. The average Bonchev–Trinajstić information content (AvgIpc) is 2.69. The van der Waals surface area contributed by atoms with Gasteiger partial charge in [-0.15, -0.1) is 0 Å². The zero-order chi connectivity index (χ0) is 20.8. The maximum absolute atomic E-state index is 11.6. The van der Waals surface area contributed by atoms with Gasteiger partial charge in [0.15, 0.2) is 0 Å². The lowest BCUT2D eigenvalue weighted by Crippen LogP contribution is -2.52. The SMILES string of the molecule is CNC(=O)C1CN(Cc2ccc(OCc3ccc(C#N)c(OC(C)C)c3)cc2)C1. The van der Waals surface area contributed by atoms with Crippen molar-refractivity contribution in [3.05, 3.63) is 59.2 Å². The van der Waals surface area contributed by atoms with E-state index in [4.69, 9.17) is 9.47 Å². The number of rotatable bonds is 8. The lowest BCUT2D eigenvalue weighted by molar-refractivity contribution is -0.129. The van der Waals surface area contributed by atoms with Crippen LogP contribution in [0, 0.1) is 17.2 Å². The Morgan fingerprint density at radius 1 is 1.21 bits per heavy atom. The van der Waals surface area contributed by atoms with Crippen molar-refractivity contribution in [2.75, 3.05) is 20.1 Å². The Morgan fingerprint density at radius 2 is 1.90 bits per heavy atom. The number of ether oxygens (including phenoxy) is 2. The molecule has 29 heavy (non-hydrogen) atoms. The van der Waals surface area contributed by atoms with Gasteiger partial charge in [0.25, 0.3) is 0 Å². The summed E-state index contributed by atoms with van der Waals surface area (Å²) >= 11 is 0. The van der Waals surface area contributed by atoms with Crippen LogP contribution in [0.2, 0.25) is 0 Å². The fraction of sp³-hybridized carbons (Fsp3) is 0.391. The van der Waals surface area contributed by atoms with Crippen LogP contribution in [-0.2, 0) is 17.9 Å². The Morgan fingerprint density at radius 3 is 2.52 bits per heavy atom. The first-order valence-electron chi connectivity index (χ1n) is 9.84. The Labute approximate surface area is 172 Å². The molecule has 0 atom stereocenters. The van der Waals surface area contributed by atoms with Crippen LogP contribution in [0.25, 0.3) is 0 Å². The lowest BCUT2D eigenvalue weighted by Gasteiger charge is -2.38. The number of carbonyl (C=O) groups excluding carboxylic acids is 1. The zero-order valence-corrected chi connectivity index (χ0v) is 17.1. The van der Waals surface area contributed by atoms with E-state index >= 15 is 0 Å². The average molecular weight is 393 g/mol. The van der Waals surface area contributed by atoms with Gasteiger partial charge in [-0.1, -0.05) is 18.2 Å². The first kappa shape index (κ1) is 20.7. The minimum absolute atomic E-state index is 0.00357. The second-order valence-electron chi connectivity index (χ2n) is 7.55. The van der Waals surface area contributed by atoms with Gasteiger partial charge in [0, 0.05) is 26.7 Å². The fourth-order valence-corrected chi connectivity index (χ4v) is 3.29. The molecular weight excluding hydrogens is 366 g/mol. The third-order valence-electron chi connectivity index (χ3n) is 4.84. The number of nitrogens with zero attached hydrogens (tertiary/aromatic N) is 2. The molecule has 0 saturated carbocycles. The second kappa shape index (κ2) is 9.44. The molecule has 152 valence electrons. The van der Waals surface area contributed by atoms with Gasteiger partial charge in [-0.05, 0) is 49.2 Å². The van der Waals surface area contributed by atoms with Gasteiger partial charge in [-0.25, -0.2) is 0 Å². The highest BCUT2D eigenvalue weighted by atomic mass is 16.5. The largest absolute Gasteiger partial charge is 0.490 e. The van der Waals surface area contributed by atoms with E-state index < -0.39 is 0 Å². The topological polar surface area (TPSA) is 74.6 Å². The van der Waals surface area contributed by atoms with Crippen molar-refractivity contribution in [3.63, 3.8) is 0 Å². The van der Waals surface area contributed by atoms with E-state index in [2.05, 4.69) is 28.4 Å². The molecule has 2 aromatic rings. The van der Waals surface area contributed by atoms with Crippen molar-refractivity contribution in [3.8, 4) is 17.6 Å². The van der Waals surface area contributed by atoms with Crippen molar-refractivity contribution in [1.29, 1.82) is 5.26 Å². The number of hydrogen-bond donors (Lipinski definition) is 1. The Hall–Kier alpha value is -3.04. The Balaban J connectivity index is 1.52. The summed E-state index contributed by atoms with van der Waals surface area (Å²) < 4.78 is 11.6. The minimum Gasteiger partial charge on any atom is -0.490 e. The molecule has 1 aliphatic heterocycles. The third-order valence-corrected chi connectivity index (χ3v) is 4.84. The van der Waals surface area contributed by atoms with E-state index in [1.165, 1.54) is 5.56 Å². The number of nitrogens with one attached hydrogen (secondary N) is 1. The molecule has 1 saturated heterocycles. The minimum atomic E-state index is 0.00357. The van der Waals surface area contributed by atoms with Gasteiger partial charge < -0.3 is 14.8 Å². The van der Waals surface area contributed by atoms with Crippen LogP contribution in [-0.4, -0.2) is 37.0 Å². The fourth-order valence-electron chi connectivity index (χ4n) is 3.29. The summed E-state index contributed by atoms with van der Waals surface area (Å²) in [4.78, 5) is 13.8.